The van der Waals surface area contributed by atoms with Gasteiger partial charge in [-0.3, -0.25) is 10.1 Å². The average molecular weight is 412 g/mol. The number of methoxy groups -OCH3 is 1. The summed E-state index contributed by atoms with van der Waals surface area (Å²) in [7, 11) is 1.57. The van der Waals surface area contributed by atoms with Gasteiger partial charge in [0.25, 0.3) is 5.69 Å². The largest absolute Gasteiger partial charge is 0.497 e. The van der Waals surface area contributed by atoms with Crippen molar-refractivity contribution in [3.05, 3.63) is 105 Å². The maximum atomic E-state index is 12.8. The van der Waals surface area contributed by atoms with Gasteiger partial charge in [-0.1, -0.05) is 35.9 Å². The van der Waals surface area contributed by atoms with E-state index in [2.05, 4.69) is 0 Å². The number of carbonyl (C=O) groups excluding carboxylic acids is 1. The first kappa shape index (κ1) is 20.4. The van der Waals surface area contributed by atoms with E-state index in [0.717, 1.165) is 5.56 Å². The molecule has 3 aromatic rings. The number of hydrogen-bond donors (Lipinski definition) is 0. The highest BCUT2D eigenvalue weighted by Crippen LogP contribution is 2.36. The molecule has 0 radical (unpaired) electrons. The number of carbonyl (C=O) groups is 1. The first-order chi connectivity index (χ1) is 13.8. The van der Waals surface area contributed by atoms with Crippen molar-refractivity contribution in [2.75, 3.05) is 7.11 Å². The molecule has 0 aliphatic carbocycles. The molecule has 6 nitrogen and oxygen atoms in total. The van der Waals surface area contributed by atoms with Crippen molar-refractivity contribution in [1.29, 1.82) is 0 Å². The molecule has 0 aliphatic heterocycles. The van der Waals surface area contributed by atoms with E-state index in [9.17, 15) is 14.9 Å². The van der Waals surface area contributed by atoms with Crippen LogP contribution in [-0.4, -0.2) is 18.0 Å². The molecular formula is C22H18ClNO5. The third kappa shape index (κ3) is 4.38. The number of halogens is 1. The summed E-state index contributed by atoms with van der Waals surface area (Å²) >= 11 is 6.16. The number of non-ortho nitro benzene ring substituents is 1. The van der Waals surface area contributed by atoms with Gasteiger partial charge in [0.1, 0.15) is 5.75 Å². The van der Waals surface area contributed by atoms with Crippen molar-refractivity contribution in [3.63, 3.8) is 0 Å². The zero-order valence-electron chi connectivity index (χ0n) is 15.8. The molecule has 0 N–H and O–H groups in total. The molecule has 0 aliphatic rings. The second-order valence-electron chi connectivity index (χ2n) is 6.47. The Labute approximate surface area is 172 Å². The highest BCUT2D eigenvalue weighted by atomic mass is 35.5. The molecule has 29 heavy (non-hydrogen) atoms. The number of rotatable bonds is 6. The molecule has 1 atom stereocenters. The van der Waals surface area contributed by atoms with Crippen molar-refractivity contribution >= 4 is 23.3 Å². The van der Waals surface area contributed by atoms with E-state index in [1.165, 1.54) is 24.3 Å². The quantitative estimate of drug-likeness (QED) is 0.309. The van der Waals surface area contributed by atoms with Gasteiger partial charge in [0.2, 0.25) is 0 Å². The lowest BCUT2D eigenvalue weighted by Crippen LogP contribution is -2.30. The first-order valence-corrected chi connectivity index (χ1v) is 9.09. The second-order valence-corrected chi connectivity index (χ2v) is 6.90. The number of hydrogen-bond acceptors (Lipinski definition) is 5. The summed E-state index contributed by atoms with van der Waals surface area (Å²) in [5.41, 5.74) is 0.365. The summed E-state index contributed by atoms with van der Waals surface area (Å²) in [5.74, 6) is 0.0575. The van der Waals surface area contributed by atoms with Crippen molar-refractivity contribution in [2.45, 2.75) is 12.5 Å². The number of nitro benzene ring substituents is 1. The Morgan fingerprint density at radius 2 is 1.66 bits per heavy atom. The van der Waals surface area contributed by atoms with Crippen LogP contribution in [0.3, 0.4) is 0 Å². The van der Waals surface area contributed by atoms with Crippen molar-refractivity contribution in [2.24, 2.45) is 0 Å². The topological polar surface area (TPSA) is 78.7 Å². The fourth-order valence-corrected chi connectivity index (χ4v) is 3.13. The summed E-state index contributed by atoms with van der Waals surface area (Å²) in [5, 5.41) is 11.3. The average Bonchev–Trinajstić information content (AvgIpc) is 2.73. The number of benzene rings is 3. The fraction of sp³-hybridized carbons (Fsp3) is 0.136. The van der Waals surface area contributed by atoms with Crippen LogP contribution in [0.2, 0.25) is 5.02 Å². The molecule has 0 bridgehead atoms. The standard InChI is InChI=1S/C22H18ClNO5/c1-22(17-4-3-5-18(23)14-17,16-8-12-20(28-2)13-9-16)29-21(25)15-6-10-19(11-7-15)24(26)27/h3-14H,1-2H3. The maximum absolute atomic E-state index is 12.8. The van der Waals surface area contributed by atoms with E-state index < -0.39 is 16.5 Å². The van der Waals surface area contributed by atoms with Gasteiger partial charge in [-0.25, -0.2) is 4.79 Å². The van der Waals surface area contributed by atoms with E-state index >= 15 is 0 Å². The molecule has 1 unspecified atom stereocenters. The predicted molar refractivity (Wildman–Crippen MR) is 109 cm³/mol. The molecule has 3 aromatic carbocycles. The summed E-state index contributed by atoms with van der Waals surface area (Å²) in [6.45, 7) is 1.77. The Balaban J connectivity index is 2.00. The molecule has 0 saturated carbocycles. The summed E-state index contributed by atoms with van der Waals surface area (Å²) in [4.78, 5) is 23.2. The third-order valence-corrected chi connectivity index (χ3v) is 4.86. The minimum atomic E-state index is -1.14. The van der Waals surface area contributed by atoms with Gasteiger partial charge in [-0.05, 0) is 43.3 Å². The summed E-state index contributed by atoms with van der Waals surface area (Å²) in [6.07, 6.45) is 0. The van der Waals surface area contributed by atoms with Gasteiger partial charge in [0.05, 0.1) is 17.6 Å². The summed E-state index contributed by atoms with van der Waals surface area (Å²) in [6, 6.07) is 19.5. The van der Waals surface area contributed by atoms with Crippen LogP contribution in [0.15, 0.2) is 72.8 Å². The molecule has 0 amide bonds. The number of esters is 1. The second kappa shape index (κ2) is 8.32. The van der Waals surface area contributed by atoms with E-state index in [-0.39, 0.29) is 11.3 Å². The van der Waals surface area contributed by atoms with Crippen LogP contribution >= 0.6 is 11.6 Å². The molecular weight excluding hydrogens is 394 g/mol. The van der Waals surface area contributed by atoms with Crippen LogP contribution in [0.4, 0.5) is 5.69 Å². The lowest BCUT2D eigenvalue weighted by molar-refractivity contribution is -0.384. The Hall–Kier alpha value is -3.38. The zero-order chi connectivity index (χ0) is 21.0. The SMILES string of the molecule is COc1ccc(C(C)(OC(=O)c2ccc([N+](=O)[O-])cc2)c2cccc(Cl)c2)cc1. The van der Waals surface area contributed by atoms with E-state index in [4.69, 9.17) is 21.1 Å². The van der Waals surface area contributed by atoms with Crippen LogP contribution in [-0.2, 0) is 10.3 Å². The predicted octanol–water partition coefficient (Wildman–Crippen LogP) is 5.38. The fourth-order valence-electron chi connectivity index (χ4n) is 2.94. The number of ether oxygens (including phenoxy) is 2. The van der Waals surface area contributed by atoms with Crippen molar-refractivity contribution in [3.8, 4) is 5.75 Å². The highest BCUT2D eigenvalue weighted by molar-refractivity contribution is 6.30. The van der Waals surface area contributed by atoms with Gasteiger partial charge >= 0.3 is 5.97 Å². The number of nitro groups is 1. The van der Waals surface area contributed by atoms with Gasteiger partial charge in [0.15, 0.2) is 5.60 Å². The maximum Gasteiger partial charge on any atom is 0.339 e. The van der Waals surface area contributed by atoms with Crippen LogP contribution in [0.5, 0.6) is 5.75 Å². The molecule has 0 heterocycles. The smallest absolute Gasteiger partial charge is 0.339 e. The molecule has 7 heteroatoms. The van der Waals surface area contributed by atoms with Gasteiger partial charge in [-0.2, -0.15) is 0 Å². The highest BCUT2D eigenvalue weighted by Gasteiger charge is 2.34. The van der Waals surface area contributed by atoms with Gasteiger partial charge < -0.3 is 9.47 Å². The van der Waals surface area contributed by atoms with Crippen LogP contribution in [0.1, 0.15) is 28.4 Å². The number of nitrogens with zero attached hydrogens (tertiary/aromatic N) is 1. The minimum absolute atomic E-state index is 0.102. The minimum Gasteiger partial charge on any atom is -0.497 e. The molecule has 0 saturated heterocycles. The van der Waals surface area contributed by atoms with Crippen molar-refractivity contribution in [1.82, 2.24) is 0 Å². The molecule has 0 fully saturated rings. The van der Waals surface area contributed by atoms with E-state index in [1.807, 2.05) is 18.2 Å². The Kier molecular flexibility index (Phi) is 5.84. The first-order valence-electron chi connectivity index (χ1n) is 8.72. The van der Waals surface area contributed by atoms with Crippen molar-refractivity contribution < 1.29 is 19.2 Å². The van der Waals surface area contributed by atoms with Crippen LogP contribution in [0.25, 0.3) is 0 Å². The molecule has 0 aromatic heterocycles. The Morgan fingerprint density at radius 3 is 2.21 bits per heavy atom. The Bertz CT molecular complexity index is 1030. The van der Waals surface area contributed by atoms with Crippen LogP contribution in [0, 0.1) is 10.1 Å². The monoisotopic (exact) mass is 411 g/mol. The third-order valence-electron chi connectivity index (χ3n) is 4.63. The summed E-state index contributed by atoms with van der Waals surface area (Å²) < 4.78 is 11.1. The van der Waals surface area contributed by atoms with E-state index in [0.29, 0.717) is 16.3 Å². The zero-order valence-corrected chi connectivity index (χ0v) is 16.6. The van der Waals surface area contributed by atoms with Crippen LogP contribution < -0.4 is 4.74 Å². The van der Waals surface area contributed by atoms with Gasteiger partial charge in [0, 0.05) is 28.3 Å². The Morgan fingerprint density at radius 1 is 1.00 bits per heavy atom. The lowest BCUT2D eigenvalue weighted by atomic mass is 9.87. The normalized spacial score (nSPS) is 12.7. The molecule has 148 valence electrons. The van der Waals surface area contributed by atoms with Gasteiger partial charge in [-0.15, -0.1) is 0 Å². The van der Waals surface area contributed by atoms with E-state index in [1.54, 1.807) is 44.4 Å². The lowest BCUT2D eigenvalue weighted by Gasteiger charge is -2.31. The molecule has 3 rings (SSSR count). The molecule has 0 spiro atoms.